The van der Waals surface area contributed by atoms with Gasteiger partial charge in [-0.3, -0.25) is 4.98 Å². The molecule has 0 aliphatic carbocycles. The summed E-state index contributed by atoms with van der Waals surface area (Å²) in [6, 6.07) is 9.19. The van der Waals surface area contributed by atoms with Crippen molar-refractivity contribution in [1.29, 1.82) is 0 Å². The fourth-order valence-corrected chi connectivity index (χ4v) is 1.47. The maximum absolute atomic E-state index is 5.69. The number of benzene rings is 1. The number of hydrogen-bond donors (Lipinski definition) is 1. The van der Waals surface area contributed by atoms with Crippen LogP contribution in [0.25, 0.3) is 0 Å². The molecule has 4 nitrogen and oxygen atoms in total. The lowest BCUT2D eigenvalue weighted by Crippen LogP contribution is -1.97. The Balaban J connectivity index is 2.26. The minimum absolute atomic E-state index is 0.448. The van der Waals surface area contributed by atoms with Crippen molar-refractivity contribution >= 4 is 0 Å². The maximum atomic E-state index is 5.69. The summed E-state index contributed by atoms with van der Waals surface area (Å²) in [4.78, 5) is 3.93. The van der Waals surface area contributed by atoms with Crippen LogP contribution in [0.5, 0.6) is 17.2 Å². The fourth-order valence-electron chi connectivity index (χ4n) is 1.47. The predicted octanol–water partition coefficient (Wildman–Crippen LogP) is 2.34. The number of aromatic nitrogens is 1. The number of nitrogens with zero attached hydrogens (tertiary/aromatic N) is 1. The van der Waals surface area contributed by atoms with Crippen LogP contribution in [0, 0.1) is 0 Å². The lowest BCUT2D eigenvalue weighted by atomic mass is 10.2. The number of rotatable bonds is 4. The summed E-state index contributed by atoms with van der Waals surface area (Å²) < 4.78 is 10.9. The van der Waals surface area contributed by atoms with Crippen molar-refractivity contribution in [3.8, 4) is 17.2 Å². The largest absolute Gasteiger partial charge is 0.497 e. The molecule has 0 saturated carbocycles. The number of nitrogens with two attached hydrogens (primary N) is 1. The molecule has 2 rings (SSSR count). The maximum Gasteiger partial charge on any atom is 0.131 e. The number of hydrogen-bond acceptors (Lipinski definition) is 4. The molecule has 0 aliphatic heterocycles. The molecular formula is C13H14N2O2. The van der Waals surface area contributed by atoms with Crippen molar-refractivity contribution < 1.29 is 9.47 Å². The van der Waals surface area contributed by atoms with Crippen LogP contribution >= 0.6 is 0 Å². The SMILES string of the molecule is COc1cc(CN)cc(Oc2ccncc2)c1. The standard InChI is InChI=1S/C13H14N2O2/c1-16-12-6-10(9-14)7-13(8-12)17-11-2-4-15-5-3-11/h2-8H,9,14H2,1H3. The first-order valence-electron chi connectivity index (χ1n) is 5.27. The van der Waals surface area contributed by atoms with Crippen molar-refractivity contribution in [1.82, 2.24) is 4.98 Å². The van der Waals surface area contributed by atoms with E-state index in [1.54, 1.807) is 31.6 Å². The second-order valence-corrected chi connectivity index (χ2v) is 3.51. The van der Waals surface area contributed by atoms with Gasteiger partial charge >= 0.3 is 0 Å². The molecule has 2 aromatic rings. The highest BCUT2D eigenvalue weighted by molar-refractivity contribution is 5.40. The van der Waals surface area contributed by atoms with Crippen LogP contribution in [-0.2, 0) is 6.54 Å². The van der Waals surface area contributed by atoms with Gasteiger partial charge in [-0.05, 0) is 29.8 Å². The zero-order chi connectivity index (χ0) is 12.1. The molecule has 1 aromatic carbocycles. The van der Waals surface area contributed by atoms with Crippen molar-refractivity contribution in [2.75, 3.05) is 7.11 Å². The van der Waals surface area contributed by atoms with E-state index in [1.165, 1.54) is 0 Å². The molecule has 88 valence electrons. The normalized spacial score (nSPS) is 10.0. The summed E-state index contributed by atoms with van der Waals surface area (Å²) in [5.41, 5.74) is 6.58. The average Bonchev–Trinajstić information content (AvgIpc) is 2.39. The highest BCUT2D eigenvalue weighted by Gasteiger charge is 2.02. The van der Waals surface area contributed by atoms with Crippen molar-refractivity contribution in [2.24, 2.45) is 5.73 Å². The third kappa shape index (κ3) is 2.95. The molecule has 0 fully saturated rings. The summed E-state index contributed by atoms with van der Waals surface area (Å²) in [6.07, 6.45) is 3.36. The lowest BCUT2D eigenvalue weighted by molar-refractivity contribution is 0.408. The van der Waals surface area contributed by atoms with Crippen molar-refractivity contribution in [3.05, 3.63) is 48.3 Å². The van der Waals surface area contributed by atoms with Gasteiger partial charge in [0.1, 0.15) is 17.2 Å². The summed E-state index contributed by atoms with van der Waals surface area (Å²) in [5.74, 6) is 2.17. The third-order valence-corrected chi connectivity index (χ3v) is 2.30. The molecule has 4 heteroatoms. The van der Waals surface area contributed by atoms with Crippen LogP contribution in [0.2, 0.25) is 0 Å². The van der Waals surface area contributed by atoms with Crippen LogP contribution in [-0.4, -0.2) is 12.1 Å². The molecular weight excluding hydrogens is 216 g/mol. The van der Waals surface area contributed by atoms with Gasteiger partial charge in [0.25, 0.3) is 0 Å². The molecule has 0 saturated heterocycles. The molecule has 0 radical (unpaired) electrons. The molecule has 1 heterocycles. The molecule has 0 atom stereocenters. The minimum atomic E-state index is 0.448. The number of ether oxygens (including phenoxy) is 2. The first-order valence-corrected chi connectivity index (χ1v) is 5.27. The van der Waals surface area contributed by atoms with E-state index in [-0.39, 0.29) is 0 Å². The Morgan fingerprint density at radius 3 is 2.41 bits per heavy atom. The average molecular weight is 230 g/mol. The van der Waals surface area contributed by atoms with Gasteiger partial charge in [0, 0.05) is 25.0 Å². The van der Waals surface area contributed by atoms with Gasteiger partial charge in [-0.2, -0.15) is 0 Å². The molecule has 17 heavy (non-hydrogen) atoms. The van der Waals surface area contributed by atoms with E-state index >= 15 is 0 Å². The predicted molar refractivity (Wildman–Crippen MR) is 65.2 cm³/mol. The summed E-state index contributed by atoms with van der Waals surface area (Å²) in [7, 11) is 1.62. The molecule has 0 unspecified atom stereocenters. The van der Waals surface area contributed by atoms with E-state index in [0.717, 1.165) is 17.1 Å². The van der Waals surface area contributed by atoms with E-state index in [2.05, 4.69) is 4.98 Å². The van der Waals surface area contributed by atoms with E-state index in [1.807, 2.05) is 18.2 Å². The summed E-state index contributed by atoms with van der Waals surface area (Å²) in [6.45, 7) is 0.448. The van der Waals surface area contributed by atoms with Crippen molar-refractivity contribution in [3.63, 3.8) is 0 Å². The monoisotopic (exact) mass is 230 g/mol. The molecule has 0 aliphatic rings. The minimum Gasteiger partial charge on any atom is -0.497 e. The quantitative estimate of drug-likeness (QED) is 0.875. The van der Waals surface area contributed by atoms with Gasteiger partial charge in [0.2, 0.25) is 0 Å². The Kier molecular flexibility index (Phi) is 3.57. The third-order valence-electron chi connectivity index (χ3n) is 2.30. The Labute approximate surface area is 100 Å². The Morgan fingerprint density at radius 2 is 1.76 bits per heavy atom. The van der Waals surface area contributed by atoms with Crippen LogP contribution < -0.4 is 15.2 Å². The summed E-state index contributed by atoms with van der Waals surface area (Å²) >= 11 is 0. The molecule has 0 spiro atoms. The van der Waals surface area contributed by atoms with Gasteiger partial charge in [0.05, 0.1) is 7.11 Å². The van der Waals surface area contributed by atoms with Crippen LogP contribution in [0.3, 0.4) is 0 Å². The fraction of sp³-hybridized carbons (Fsp3) is 0.154. The molecule has 1 aromatic heterocycles. The first kappa shape index (κ1) is 11.4. The van der Waals surface area contributed by atoms with Gasteiger partial charge in [-0.1, -0.05) is 0 Å². The van der Waals surface area contributed by atoms with Crippen LogP contribution in [0.15, 0.2) is 42.7 Å². The van der Waals surface area contributed by atoms with Crippen molar-refractivity contribution in [2.45, 2.75) is 6.54 Å². The van der Waals surface area contributed by atoms with E-state index in [0.29, 0.717) is 12.3 Å². The second kappa shape index (κ2) is 5.32. The topological polar surface area (TPSA) is 57.4 Å². The van der Waals surface area contributed by atoms with Gasteiger partial charge in [-0.25, -0.2) is 0 Å². The smallest absolute Gasteiger partial charge is 0.131 e. The van der Waals surface area contributed by atoms with Crippen LogP contribution in [0.4, 0.5) is 0 Å². The molecule has 0 bridgehead atoms. The van der Waals surface area contributed by atoms with E-state index in [4.69, 9.17) is 15.2 Å². The highest BCUT2D eigenvalue weighted by atomic mass is 16.5. The number of pyridine rings is 1. The Morgan fingerprint density at radius 1 is 1.06 bits per heavy atom. The zero-order valence-electron chi connectivity index (χ0n) is 9.59. The lowest BCUT2D eigenvalue weighted by Gasteiger charge is -2.09. The molecule has 2 N–H and O–H groups in total. The highest BCUT2D eigenvalue weighted by Crippen LogP contribution is 2.26. The van der Waals surface area contributed by atoms with Gasteiger partial charge < -0.3 is 15.2 Å². The van der Waals surface area contributed by atoms with E-state index in [9.17, 15) is 0 Å². The van der Waals surface area contributed by atoms with Gasteiger partial charge in [-0.15, -0.1) is 0 Å². The summed E-state index contributed by atoms with van der Waals surface area (Å²) in [5, 5.41) is 0. The van der Waals surface area contributed by atoms with E-state index < -0.39 is 0 Å². The van der Waals surface area contributed by atoms with Gasteiger partial charge in [0.15, 0.2) is 0 Å². The zero-order valence-corrected chi connectivity index (χ0v) is 9.59. The first-order chi connectivity index (χ1) is 8.31. The van der Waals surface area contributed by atoms with Crippen LogP contribution in [0.1, 0.15) is 5.56 Å². The Hall–Kier alpha value is -2.07. The second-order valence-electron chi connectivity index (χ2n) is 3.51. The Bertz CT molecular complexity index is 464. The number of methoxy groups -OCH3 is 1. The molecule has 0 amide bonds.